The van der Waals surface area contributed by atoms with Gasteiger partial charge in [0.05, 0.1) is 6.54 Å². The number of rotatable bonds is 4. The first kappa shape index (κ1) is 14.1. The number of likely N-dealkylation sites (tertiary alicyclic amines) is 1. The number of hydrogen-bond acceptors (Lipinski definition) is 4. The molecule has 0 spiro atoms. The molecule has 0 aromatic carbocycles. The Bertz CT molecular complexity index is 417. The number of hydrazine groups is 1. The van der Waals surface area contributed by atoms with Gasteiger partial charge in [0.2, 0.25) is 0 Å². The van der Waals surface area contributed by atoms with E-state index in [0.717, 1.165) is 25.3 Å². The van der Waals surface area contributed by atoms with Gasteiger partial charge in [0.15, 0.2) is 5.76 Å². The molecule has 2 rings (SSSR count). The molecule has 3 N–H and O–H groups in total. The molecule has 0 saturated carbocycles. The maximum atomic E-state index is 11.4. The van der Waals surface area contributed by atoms with Gasteiger partial charge in [-0.3, -0.25) is 15.1 Å². The molecule has 1 aromatic heterocycles. The van der Waals surface area contributed by atoms with Crippen molar-refractivity contribution in [1.29, 1.82) is 0 Å². The topological polar surface area (TPSA) is 71.5 Å². The summed E-state index contributed by atoms with van der Waals surface area (Å²) in [5.41, 5.74) is 2.08. The summed E-state index contributed by atoms with van der Waals surface area (Å²) < 4.78 is 5.54. The van der Waals surface area contributed by atoms with E-state index in [-0.39, 0.29) is 11.7 Å². The summed E-state index contributed by atoms with van der Waals surface area (Å²) in [5, 5.41) is 0. The molecule has 2 heterocycles. The number of carbonyl (C=O) groups excluding carboxylic acids is 1. The molecule has 106 valence electrons. The standard InChI is InChI=1S/C14H23N3O2/c1-2-11-6-4-3-5-9-17(11)10-12-7-8-13(19-12)14(18)16-15/h7-8,11H,2-6,9-10,15H2,1H3,(H,16,18). The normalized spacial score (nSPS) is 21.1. The summed E-state index contributed by atoms with van der Waals surface area (Å²) >= 11 is 0. The van der Waals surface area contributed by atoms with Crippen molar-refractivity contribution in [3.63, 3.8) is 0 Å². The number of carbonyl (C=O) groups is 1. The molecule has 1 aliphatic heterocycles. The Morgan fingerprint density at radius 3 is 3.05 bits per heavy atom. The number of nitrogens with zero attached hydrogens (tertiary/aromatic N) is 1. The van der Waals surface area contributed by atoms with Crippen molar-refractivity contribution in [2.24, 2.45) is 5.84 Å². The Morgan fingerprint density at radius 1 is 1.47 bits per heavy atom. The molecule has 1 amide bonds. The second kappa shape index (κ2) is 6.73. The summed E-state index contributed by atoms with van der Waals surface area (Å²) in [5.74, 6) is 5.82. The largest absolute Gasteiger partial charge is 0.455 e. The van der Waals surface area contributed by atoms with Gasteiger partial charge in [-0.1, -0.05) is 19.8 Å². The number of hydrogen-bond donors (Lipinski definition) is 2. The Kier molecular flexibility index (Phi) is 4.99. The van der Waals surface area contributed by atoms with Crippen molar-refractivity contribution in [3.8, 4) is 0 Å². The predicted octanol–water partition coefficient (Wildman–Crippen LogP) is 2.04. The van der Waals surface area contributed by atoms with Crippen LogP contribution < -0.4 is 11.3 Å². The Labute approximate surface area is 114 Å². The average molecular weight is 265 g/mol. The lowest BCUT2D eigenvalue weighted by Gasteiger charge is -2.28. The predicted molar refractivity (Wildman–Crippen MR) is 73.3 cm³/mol. The van der Waals surface area contributed by atoms with Crippen molar-refractivity contribution in [1.82, 2.24) is 10.3 Å². The monoisotopic (exact) mass is 265 g/mol. The number of furan rings is 1. The van der Waals surface area contributed by atoms with Crippen molar-refractivity contribution in [3.05, 3.63) is 23.7 Å². The molecule has 1 aliphatic rings. The zero-order chi connectivity index (χ0) is 13.7. The molecule has 19 heavy (non-hydrogen) atoms. The van der Waals surface area contributed by atoms with Crippen molar-refractivity contribution < 1.29 is 9.21 Å². The van der Waals surface area contributed by atoms with Crippen LogP contribution in [0.1, 0.15) is 55.3 Å². The fourth-order valence-electron chi connectivity index (χ4n) is 2.76. The van der Waals surface area contributed by atoms with Gasteiger partial charge in [-0.15, -0.1) is 0 Å². The van der Waals surface area contributed by atoms with E-state index < -0.39 is 0 Å². The van der Waals surface area contributed by atoms with E-state index in [1.165, 1.54) is 25.7 Å². The zero-order valence-corrected chi connectivity index (χ0v) is 11.5. The molecule has 1 fully saturated rings. The van der Waals surface area contributed by atoms with Crippen LogP contribution in [0.15, 0.2) is 16.5 Å². The van der Waals surface area contributed by atoms with Crippen molar-refractivity contribution >= 4 is 5.91 Å². The lowest BCUT2D eigenvalue weighted by molar-refractivity contribution is 0.0920. The van der Waals surface area contributed by atoms with Gasteiger partial charge in [-0.25, -0.2) is 5.84 Å². The summed E-state index contributed by atoms with van der Waals surface area (Å²) in [6.07, 6.45) is 6.29. The van der Waals surface area contributed by atoms with E-state index in [1.54, 1.807) is 6.07 Å². The third-order valence-electron chi connectivity index (χ3n) is 3.85. The summed E-state index contributed by atoms with van der Waals surface area (Å²) in [4.78, 5) is 13.8. The van der Waals surface area contributed by atoms with Crippen LogP contribution in [0.4, 0.5) is 0 Å². The SMILES string of the molecule is CCC1CCCCCN1Cc1ccc(C(=O)NN)o1. The van der Waals surface area contributed by atoms with Gasteiger partial charge in [-0.05, 0) is 37.9 Å². The first-order chi connectivity index (χ1) is 9.24. The van der Waals surface area contributed by atoms with Gasteiger partial charge in [-0.2, -0.15) is 0 Å². The first-order valence-corrected chi connectivity index (χ1v) is 7.08. The lowest BCUT2D eigenvalue weighted by Crippen LogP contribution is -2.33. The lowest BCUT2D eigenvalue weighted by atomic mass is 10.1. The van der Waals surface area contributed by atoms with Crippen LogP contribution in [0.5, 0.6) is 0 Å². The van der Waals surface area contributed by atoms with Crippen LogP contribution in [0, 0.1) is 0 Å². The van der Waals surface area contributed by atoms with Gasteiger partial charge >= 0.3 is 5.91 Å². The summed E-state index contributed by atoms with van der Waals surface area (Å²) in [6, 6.07) is 4.16. The zero-order valence-electron chi connectivity index (χ0n) is 11.5. The molecular formula is C14H23N3O2. The number of nitrogens with one attached hydrogen (secondary N) is 1. The quantitative estimate of drug-likeness (QED) is 0.496. The van der Waals surface area contributed by atoms with Gasteiger partial charge in [0, 0.05) is 6.04 Å². The van der Waals surface area contributed by atoms with Crippen LogP contribution in [0.2, 0.25) is 0 Å². The second-order valence-electron chi connectivity index (χ2n) is 5.12. The highest BCUT2D eigenvalue weighted by Crippen LogP contribution is 2.22. The highest BCUT2D eigenvalue weighted by atomic mass is 16.4. The van der Waals surface area contributed by atoms with Gasteiger partial charge in [0.25, 0.3) is 0 Å². The Balaban J connectivity index is 2.02. The number of nitrogens with two attached hydrogens (primary N) is 1. The third-order valence-corrected chi connectivity index (χ3v) is 3.85. The fourth-order valence-corrected chi connectivity index (χ4v) is 2.76. The minimum Gasteiger partial charge on any atom is -0.455 e. The fraction of sp³-hybridized carbons (Fsp3) is 0.643. The molecule has 1 unspecified atom stereocenters. The molecular weight excluding hydrogens is 242 g/mol. The van der Waals surface area contributed by atoms with E-state index >= 15 is 0 Å². The highest BCUT2D eigenvalue weighted by molar-refractivity contribution is 5.90. The maximum absolute atomic E-state index is 11.4. The molecule has 0 radical (unpaired) electrons. The van der Waals surface area contributed by atoms with Gasteiger partial charge < -0.3 is 4.42 Å². The van der Waals surface area contributed by atoms with Crippen molar-refractivity contribution in [2.45, 2.75) is 51.6 Å². The minimum atomic E-state index is -0.380. The molecule has 1 aromatic rings. The van der Waals surface area contributed by atoms with Crippen LogP contribution >= 0.6 is 0 Å². The van der Waals surface area contributed by atoms with Crippen molar-refractivity contribution in [2.75, 3.05) is 6.54 Å². The highest BCUT2D eigenvalue weighted by Gasteiger charge is 2.21. The van der Waals surface area contributed by atoms with Crippen LogP contribution in [0.25, 0.3) is 0 Å². The molecule has 0 bridgehead atoms. The molecule has 1 saturated heterocycles. The molecule has 0 aliphatic carbocycles. The molecule has 1 atom stereocenters. The van der Waals surface area contributed by atoms with E-state index in [9.17, 15) is 4.79 Å². The van der Waals surface area contributed by atoms with E-state index in [0.29, 0.717) is 6.04 Å². The van der Waals surface area contributed by atoms with Gasteiger partial charge in [0.1, 0.15) is 5.76 Å². The number of amides is 1. The van der Waals surface area contributed by atoms with Crippen LogP contribution in [-0.2, 0) is 6.54 Å². The van der Waals surface area contributed by atoms with Crippen LogP contribution in [-0.4, -0.2) is 23.4 Å². The van der Waals surface area contributed by atoms with E-state index in [2.05, 4.69) is 17.2 Å². The third kappa shape index (κ3) is 3.58. The second-order valence-corrected chi connectivity index (χ2v) is 5.12. The van der Waals surface area contributed by atoms with E-state index in [4.69, 9.17) is 10.3 Å². The first-order valence-electron chi connectivity index (χ1n) is 7.08. The smallest absolute Gasteiger partial charge is 0.300 e. The molecule has 5 nitrogen and oxygen atoms in total. The number of nitrogen functional groups attached to an aromatic ring is 1. The minimum absolute atomic E-state index is 0.278. The maximum Gasteiger partial charge on any atom is 0.300 e. The van der Waals surface area contributed by atoms with E-state index in [1.807, 2.05) is 6.07 Å². The molecule has 5 heteroatoms. The Morgan fingerprint density at radius 2 is 2.32 bits per heavy atom. The van der Waals surface area contributed by atoms with Crippen LogP contribution in [0.3, 0.4) is 0 Å². The summed E-state index contributed by atoms with van der Waals surface area (Å²) in [6.45, 7) is 4.12. The Hall–Kier alpha value is -1.33. The average Bonchev–Trinajstić information content (AvgIpc) is 2.77. The summed E-state index contributed by atoms with van der Waals surface area (Å²) in [7, 11) is 0.